The number of alkyl halides is 13. The van der Waals surface area contributed by atoms with Crippen molar-refractivity contribution in [2.75, 3.05) is 0 Å². The van der Waals surface area contributed by atoms with E-state index in [0.717, 1.165) is 0 Å². The summed E-state index contributed by atoms with van der Waals surface area (Å²) in [4.78, 5) is 0. The largest absolute Gasteiger partial charge is 0.470 e. The highest BCUT2D eigenvalue weighted by Gasteiger charge is 2.83. The fourth-order valence-electron chi connectivity index (χ4n) is 0.900. The van der Waals surface area contributed by atoms with E-state index in [-0.39, 0.29) is 0 Å². The second kappa shape index (κ2) is 6.52. The van der Waals surface area contributed by atoms with Gasteiger partial charge < -0.3 is 4.74 Å². The minimum atomic E-state index is -7.62. The van der Waals surface area contributed by atoms with Crippen LogP contribution in [0, 0.1) is 0 Å². The van der Waals surface area contributed by atoms with Gasteiger partial charge in [0.15, 0.2) is 0 Å². The van der Waals surface area contributed by atoms with Gasteiger partial charge in [-0.15, -0.1) is 0 Å². The maximum absolute atomic E-state index is 13.2. The molecule has 2 nitrogen and oxygen atoms in total. The number of hydrogen-bond acceptors (Lipinski definition) is 2. The Morgan fingerprint density at radius 3 is 1.19 bits per heavy atom. The molecule has 0 aliphatic rings. The van der Waals surface area contributed by atoms with Crippen LogP contribution in [0.5, 0.6) is 0 Å². The lowest BCUT2D eigenvalue weighted by molar-refractivity contribution is -0.527. The Kier molecular flexibility index (Phi) is 6.11. The molecule has 0 aromatic rings. The van der Waals surface area contributed by atoms with Crippen LogP contribution in [0.25, 0.3) is 0 Å². The summed E-state index contributed by atoms with van der Waals surface area (Å²) in [5.74, 6) is -15.0. The van der Waals surface area contributed by atoms with Crippen molar-refractivity contribution in [1.82, 2.24) is 0 Å². The highest BCUT2D eigenvalue weighted by molar-refractivity contribution is 4.95. The van der Waals surface area contributed by atoms with E-state index >= 15 is 0 Å². The maximum Gasteiger partial charge on any atom is 0.470 e. The fraction of sp³-hybridized carbons (Fsp3) is 0.750. The molecule has 18 heteroatoms. The van der Waals surface area contributed by atoms with E-state index < -0.39 is 48.4 Å². The van der Waals surface area contributed by atoms with Gasteiger partial charge in [-0.1, -0.05) is 0 Å². The summed E-state index contributed by atoms with van der Waals surface area (Å²) in [6.45, 7) is 0. The number of rotatable bonds is 6. The molecular weight excluding hydrogens is 432 g/mol. The maximum atomic E-state index is 13.2. The topological polar surface area (TPSA) is 18.5 Å². The van der Waals surface area contributed by atoms with Crippen LogP contribution in [0.2, 0.25) is 0 Å². The summed E-state index contributed by atoms with van der Waals surface area (Å²) < 4.78 is 199. The first kappa shape index (κ1) is 24.4. The van der Waals surface area contributed by atoms with Crippen LogP contribution in [-0.2, 0) is 9.47 Å². The summed E-state index contributed by atoms with van der Waals surface area (Å²) in [6, 6.07) is -4.08. The normalized spacial score (nSPS) is 16.9. The summed E-state index contributed by atoms with van der Waals surface area (Å²) in [7, 11) is 0. The summed E-state index contributed by atoms with van der Waals surface area (Å²) in [5, 5.41) is 0. The van der Waals surface area contributed by atoms with E-state index in [9.17, 15) is 70.2 Å². The lowest BCUT2D eigenvalue weighted by Crippen LogP contribution is -2.63. The van der Waals surface area contributed by atoms with Crippen molar-refractivity contribution in [2.45, 2.75) is 36.3 Å². The van der Waals surface area contributed by atoms with Crippen LogP contribution in [0.15, 0.2) is 12.1 Å². The zero-order chi connectivity index (χ0) is 21.6. The zero-order valence-electron chi connectivity index (χ0n) is 10.9. The Hall–Kier alpha value is -1.62. The van der Waals surface area contributed by atoms with Crippen molar-refractivity contribution < 1.29 is 79.7 Å². The third-order valence-electron chi connectivity index (χ3n) is 2.10. The van der Waals surface area contributed by atoms with Gasteiger partial charge in [-0.25, -0.2) is 4.74 Å². The molecule has 0 aliphatic carbocycles. The third kappa shape index (κ3) is 4.20. The van der Waals surface area contributed by atoms with E-state index in [2.05, 4.69) is 0 Å². The molecule has 0 aromatic carbocycles. The average molecular weight is 432 g/mol. The minimum absolute atomic E-state index is 1.30. The smallest absolute Gasteiger partial charge is 0.414 e. The number of hydrogen-bond donors (Lipinski definition) is 0. The van der Waals surface area contributed by atoms with Crippen LogP contribution in [-0.4, -0.2) is 36.3 Å². The molecule has 0 N–H and O–H groups in total. The van der Waals surface area contributed by atoms with Crippen LogP contribution in [0.3, 0.4) is 0 Å². The first-order chi connectivity index (χ1) is 11.0. The molecule has 0 saturated carbocycles. The fourth-order valence-corrected chi connectivity index (χ4v) is 0.900. The van der Waals surface area contributed by atoms with Crippen molar-refractivity contribution in [1.29, 1.82) is 0 Å². The van der Waals surface area contributed by atoms with Crippen LogP contribution in [0.1, 0.15) is 0 Å². The summed E-state index contributed by atoms with van der Waals surface area (Å²) in [5.41, 5.74) is 0. The standard InChI is InChI=1S/C8F16O2/c9-1(10)2(11)25-4(14,6(18,19)20)8(23,24)26-7(21,22)3(12,13)5(15,16)17. The van der Waals surface area contributed by atoms with E-state index in [4.69, 9.17) is 0 Å². The molecule has 0 fully saturated rings. The molecular formula is C8F16O2. The molecule has 0 radical (unpaired) electrons. The molecule has 0 spiro atoms. The Morgan fingerprint density at radius 2 is 0.923 bits per heavy atom. The molecule has 1 unspecified atom stereocenters. The zero-order valence-corrected chi connectivity index (χ0v) is 10.9. The van der Waals surface area contributed by atoms with Gasteiger partial charge in [-0.2, -0.15) is 70.2 Å². The lowest BCUT2D eigenvalue weighted by Gasteiger charge is -2.36. The van der Waals surface area contributed by atoms with Crippen LogP contribution >= 0.6 is 0 Å². The van der Waals surface area contributed by atoms with Gasteiger partial charge in [0.05, 0.1) is 0 Å². The average Bonchev–Trinajstić information content (AvgIpc) is 2.33. The molecule has 0 bridgehead atoms. The van der Waals surface area contributed by atoms with E-state index in [0.29, 0.717) is 0 Å². The van der Waals surface area contributed by atoms with E-state index in [1.165, 1.54) is 4.74 Å². The van der Waals surface area contributed by atoms with Crippen LogP contribution in [0.4, 0.5) is 70.2 Å². The Morgan fingerprint density at radius 1 is 0.538 bits per heavy atom. The van der Waals surface area contributed by atoms with Crippen molar-refractivity contribution >= 4 is 0 Å². The molecule has 26 heavy (non-hydrogen) atoms. The lowest BCUT2D eigenvalue weighted by atomic mass is 10.2. The quantitative estimate of drug-likeness (QED) is 0.398. The number of ether oxygens (including phenoxy) is 2. The summed E-state index contributed by atoms with van der Waals surface area (Å²) >= 11 is 0. The molecule has 0 saturated heterocycles. The minimum Gasteiger partial charge on any atom is -0.414 e. The molecule has 0 aromatic heterocycles. The molecule has 156 valence electrons. The SMILES string of the molecule is FC(F)=C(F)OC(F)(C(F)(F)F)C(F)(F)OC(F)(F)C(F)(F)C(F)(F)F. The molecule has 0 heterocycles. The third-order valence-corrected chi connectivity index (χ3v) is 2.10. The first-order valence-corrected chi connectivity index (χ1v) is 5.09. The predicted octanol–water partition coefficient (Wildman–Crippen LogP) is 5.67. The highest BCUT2D eigenvalue weighted by atomic mass is 19.4. The Labute approximate surface area is 129 Å². The molecule has 0 amide bonds. The Balaban J connectivity index is 6.19. The van der Waals surface area contributed by atoms with Gasteiger partial charge in [0, 0.05) is 0 Å². The summed E-state index contributed by atoms with van der Waals surface area (Å²) in [6.07, 6.45) is -34.1. The van der Waals surface area contributed by atoms with Gasteiger partial charge in [0.1, 0.15) is 0 Å². The van der Waals surface area contributed by atoms with Gasteiger partial charge in [0.2, 0.25) is 0 Å². The van der Waals surface area contributed by atoms with Crippen molar-refractivity contribution in [3.8, 4) is 0 Å². The Bertz CT molecular complexity index is 539. The predicted molar refractivity (Wildman–Crippen MR) is 43.3 cm³/mol. The second-order valence-electron chi connectivity index (χ2n) is 3.94. The molecule has 0 rings (SSSR count). The van der Waals surface area contributed by atoms with Gasteiger partial charge in [-0.3, -0.25) is 0 Å². The monoisotopic (exact) mass is 432 g/mol. The van der Waals surface area contributed by atoms with Crippen molar-refractivity contribution in [2.24, 2.45) is 0 Å². The van der Waals surface area contributed by atoms with Crippen molar-refractivity contribution in [3.05, 3.63) is 12.1 Å². The van der Waals surface area contributed by atoms with E-state index in [1.54, 1.807) is 0 Å². The van der Waals surface area contributed by atoms with E-state index in [1.807, 2.05) is 4.74 Å². The van der Waals surface area contributed by atoms with Gasteiger partial charge in [0.25, 0.3) is 0 Å². The second-order valence-corrected chi connectivity index (χ2v) is 3.94. The van der Waals surface area contributed by atoms with Gasteiger partial charge in [-0.05, 0) is 0 Å². The van der Waals surface area contributed by atoms with Gasteiger partial charge >= 0.3 is 48.4 Å². The highest BCUT2D eigenvalue weighted by Crippen LogP contribution is 2.54. The molecule has 0 aliphatic heterocycles. The number of halogens is 16. The van der Waals surface area contributed by atoms with Crippen LogP contribution < -0.4 is 0 Å². The molecule has 1 atom stereocenters. The van der Waals surface area contributed by atoms with Crippen molar-refractivity contribution in [3.63, 3.8) is 0 Å². The first-order valence-electron chi connectivity index (χ1n) is 5.09.